The number of nitrogens with zero attached hydrogens (tertiary/aromatic N) is 3. The number of carbonyl (C=O) groups is 1. The van der Waals surface area contributed by atoms with Crippen molar-refractivity contribution < 1.29 is 9.53 Å². The number of nitrogens with two attached hydrogens (primary N) is 1. The van der Waals surface area contributed by atoms with Crippen molar-refractivity contribution in [3.63, 3.8) is 0 Å². The zero-order chi connectivity index (χ0) is 15.4. The zero-order valence-corrected chi connectivity index (χ0v) is 12.8. The SMILES string of the molecule is CCc1cc(COC(=O)c2cc(N)cn2CC)n(CC)n1. The Morgan fingerprint density at radius 1 is 1.29 bits per heavy atom. The summed E-state index contributed by atoms with van der Waals surface area (Å²) in [7, 11) is 0. The predicted molar refractivity (Wildman–Crippen MR) is 80.9 cm³/mol. The number of hydrogen-bond donors (Lipinski definition) is 1. The predicted octanol–water partition coefficient (Wildman–Crippen LogP) is 2.23. The number of aromatic nitrogens is 3. The third-order valence-electron chi connectivity index (χ3n) is 3.39. The van der Waals surface area contributed by atoms with Crippen LogP contribution in [0.5, 0.6) is 0 Å². The standard InChI is InChI=1S/C15H22N4O2/c1-4-12-8-13(19(6-3)17-12)10-21-15(20)14-7-11(16)9-18(14)5-2/h7-9H,4-6,10,16H2,1-3H3. The molecule has 0 saturated carbocycles. The number of nitrogen functional groups attached to an aromatic ring is 1. The molecule has 0 aromatic carbocycles. The first-order chi connectivity index (χ1) is 10.1. The van der Waals surface area contributed by atoms with Crippen molar-refractivity contribution in [2.45, 2.75) is 46.9 Å². The summed E-state index contributed by atoms with van der Waals surface area (Å²) in [5.41, 5.74) is 8.68. The molecule has 2 N–H and O–H groups in total. The van der Waals surface area contributed by atoms with Gasteiger partial charge in [0.15, 0.2) is 0 Å². The van der Waals surface area contributed by atoms with Gasteiger partial charge in [-0.05, 0) is 32.4 Å². The smallest absolute Gasteiger partial charge is 0.355 e. The van der Waals surface area contributed by atoms with Gasteiger partial charge in [-0.25, -0.2) is 4.79 Å². The van der Waals surface area contributed by atoms with Crippen LogP contribution in [0.4, 0.5) is 5.69 Å². The zero-order valence-electron chi connectivity index (χ0n) is 12.8. The fraction of sp³-hybridized carbons (Fsp3) is 0.467. The van der Waals surface area contributed by atoms with Crippen molar-refractivity contribution in [2.75, 3.05) is 5.73 Å². The number of aryl methyl sites for hydroxylation is 3. The summed E-state index contributed by atoms with van der Waals surface area (Å²) in [6.07, 6.45) is 2.60. The average Bonchev–Trinajstić information content (AvgIpc) is 3.07. The molecule has 0 fully saturated rings. The normalized spacial score (nSPS) is 10.8. The highest BCUT2D eigenvalue weighted by Gasteiger charge is 2.15. The lowest BCUT2D eigenvalue weighted by Crippen LogP contribution is -2.13. The van der Waals surface area contributed by atoms with E-state index in [-0.39, 0.29) is 12.6 Å². The van der Waals surface area contributed by atoms with E-state index < -0.39 is 0 Å². The maximum Gasteiger partial charge on any atom is 0.355 e. The largest absolute Gasteiger partial charge is 0.455 e. The van der Waals surface area contributed by atoms with Crippen LogP contribution in [-0.2, 0) is 30.9 Å². The van der Waals surface area contributed by atoms with Crippen LogP contribution < -0.4 is 5.73 Å². The molecule has 0 radical (unpaired) electrons. The number of hydrogen-bond acceptors (Lipinski definition) is 4. The first-order valence-corrected chi connectivity index (χ1v) is 7.27. The molecule has 2 aromatic heterocycles. The molecular formula is C15H22N4O2. The first kappa shape index (κ1) is 15.2. The van der Waals surface area contributed by atoms with Gasteiger partial charge in [-0.1, -0.05) is 6.92 Å². The van der Waals surface area contributed by atoms with E-state index in [9.17, 15) is 4.79 Å². The van der Waals surface area contributed by atoms with Crippen LogP contribution in [0.15, 0.2) is 18.3 Å². The number of rotatable bonds is 6. The molecule has 0 atom stereocenters. The topological polar surface area (TPSA) is 75.1 Å². The van der Waals surface area contributed by atoms with Crippen molar-refractivity contribution in [3.05, 3.63) is 35.4 Å². The third-order valence-corrected chi connectivity index (χ3v) is 3.39. The van der Waals surface area contributed by atoms with Gasteiger partial charge >= 0.3 is 5.97 Å². The summed E-state index contributed by atoms with van der Waals surface area (Å²) in [6.45, 7) is 7.67. The molecule has 0 aliphatic carbocycles. The molecular weight excluding hydrogens is 268 g/mol. The molecule has 0 spiro atoms. The molecule has 2 rings (SSSR count). The Labute approximate surface area is 124 Å². The lowest BCUT2D eigenvalue weighted by molar-refractivity contribution is 0.0450. The van der Waals surface area contributed by atoms with E-state index in [4.69, 9.17) is 10.5 Å². The highest BCUT2D eigenvalue weighted by molar-refractivity contribution is 5.89. The summed E-state index contributed by atoms with van der Waals surface area (Å²) in [5, 5.41) is 4.44. The maximum absolute atomic E-state index is 12.2. The Kier molecular flexibility index (Phi) is 4.67. The Morgan fingerprint density at radius 2 is 2.05 bits per heavy atom. The molecule has 0 bridgehead atoms. The summed E-state index contributed by atoms with van der Waals surface area (Å²) in [4.78, 5) is 12.2. The van der Waals surface area contributed by atoms with Crippen molar-refractivity contribution in [1.29, 1.82) is 0 Å². The first-order valence-electron chi connectivity index (χ1n) is 7.27. The Morgan fingerprint density at radius 3 is 2.67 bits per heavy atom. The highest BCUT2D eigenvalue weighted by Crippen LogP contribution is 2.14. The summed E-state index contributed by atoms with van der Waals surface area (Å²) >= 11 is 0. The van der Waals surface area contributed by atoms with Crippen molar-refractivity contribution in [3.8, 4) is 0 Å². The Balaban J connectivity index is 2.08. The van der Waals surface area contributed by atoms with Gasteiger partial charge in [0.05, 0.1) is 17.1 Å². The second-order valence-electron chi connectivity index (χ2n) is 4.82. The molecule has 21 heavy (non-hydrogen) atoms. The van der Waals surface area contributed by atoms with Gasteiger partial charge in [0, 0.05) is 19.3 Å². The highest BCUT2D eigenvalue weighted by atomic mass is 16.5. The van der Waals surface area contributed by atoms with Crippen molar-refractivity contribution >= 4 is 11.7 Å². The summed E-state index contributed by atoms with van der Waals surface area (Å²) in [6, 6.07) is 3.62. The monoisotopic (exact) mass is 290 g/mol. The minimum atomic E-state index is -0.365. The van der Waals surface area contributed by atoms with E-state index in [1.54, 1.807) is 16.8 Å². The van der Waals surface area contributed by atoms with Gasteiger partial charge in [-0.3, -0.25) is 4.68 Å². The van der Waals surface area contributed by atoms with Gasteiger partial charge in [0.25, 0.3) is 0 Å². The molecule has 0 amide bonds. The van der Waals surface area contributed by atoms with Gasteiger partial charge in [-0.15, -0.1) is 0 Å². The summed E-state index contributed by atoms with van der Waals surface area (Å²) in [5.74, 6) is -0.365. The van der Waals surface area contributed by atoms with E-state index in [1.165, 1.54) is 0 Å². The second kappa shape index (κ2) is 6.47. The lowest BCUT2D eigenvalue weighted by Gasteiger charge is -2.08. The van der Waals surface area contributed by atoms with Crippen LogP contribution in [0.25, 0.3) is 0 Å². The van der Waals surface area contributed by atoms with Crippen LogP contribution in [0.3, 0.4) is 0 Å². The molecule has 114 valence electrons. The molecule has 0 aliphatic rings. The van der Waals surface area contributed by atoms with E-state index in [1.807, 2.05) is 24.6 Å². The molecule has 0 unspecified atom stereocenters. The lowest BCUT2D eigenvalue weighted by atomic mass is 10.3. The minimum Gasteiger partial charge on any atom is -0.455 e. The number of carbonyl (C=O) groups excluding carboxylic acids is 1. The van der Waals surface area contributed by atoms with E-state index in [0.717, 1.165) is 24.4 Å². The second-order valence-corrected chi connectivity index (χ2v) is 4.82. The summed E-state index contributed by atoms with van der Waals surface area (Å²) < 4.78 is 9.04. The fourth-order valence-electron chi connectivity index (χ4n) is 2.26. The Hall–Kier alpha value is -2.24. The van der Waals surface area contributed by atoms with E-state index in [0.29, 0.717) is 17.9 Å². The molecule has 6 nitrogen and oxygen atoms in total. The maximum atomic E-state index is 12.2. The molecule has 2 heterocycles. The van der Waals surface area contributed by atoms with Gasteiger partial charge < -0.3 is 15.0 Å². The number of anilines is 1. The molecule has 6 heteroatoms. The number of esters is 1. The van der Waals surface area contributed by atoms with Crippen LogP contribution in [0.1, 0.15) is 42.6 Å². The van der Waals surface area contributed by atoms with Crippen molar-refractivity contribution in [1.82, 2.24) is 14.3 Å². The quantitative estimate of drug-likeness (QED) is 0.828. The van der Waals surface area contributed by atoms with E-state index in [2.05, 4.69) is 12.0 Å². The minimum absolute atomic E-state index is 0.217. The number of ether oxygens (including phenoxy) is 1. The van der Waals surface area contributed by atoms with Gasteiger partial charge in [-0.2, -0.15) is 5.10 Å². The molecule has 0 aliphatic heterocycles. The van der Waals surface area contributed by atoms with Gasteiger partial charge in [0.1, 0.15) is 12.3 Å². The Bertz CT molecular complexity index is 628. The van der Waals surface area contributed by atoms with Crippen LogP contribution in [-0.4, -0.2) is 20.3 Å². The van der Waals surface area contributed by atoms with Crippen LogP contribution in [0, 0.1) is 0 Å². The molecule has 2 aromatic rings. The van der Waals surface area contributed by atoms with Crippen LogP contribution in [0.2, 0.25) is 0 Å². The average molecular weight is 290 g/mol. The van der Waals surface area contributed by atoms with Gasteiger partial charge in [0.2, 0.25) is 0 Å². The van der Waals surface area contributed by atoms with Crippen molar-refractivity contribution in [2.24, 2.45) is 0 Å². The third kappa shape index (κ3) is 3.26. The fourth-order valence-corrected chi connectivity index (χ4v) is 2.26. The van der Waals surface area contributed by atoms with Crippen LogP contribution >= 0.6 is 0 Å². The molecule has 0 saturated heterocycles. The van der Waals surface area contributed by atoms with E-state index >= 15 is 0 Å².